The van der Waals surface area contributed by atoms with Gasteiger partial charge in [-0.3, -0.25) is 0 Å². The second-order valence-corrected chi connectivity index (χ2v) is 3.75. The molecule has 0 fully saturated rings. The summed E-state index contributed by atoms with van der Waals surface area (Å²) in [5.74, 6) is -0.187. The summed E-state index contributed by atoms with van der Waals surface area (Å²) < 4.78 is 39.7. The van der Waals surface area contributed by atoms with Gasteiger partial charge in [-0.25, -0.2) is 0 Å². The maximum absolute atomic E-state index is 12.0. The molecule has 0 saturated heterocycles. The lowest BCUT2D eigenvalue weighted by Crippen LogP contribution is -2.18. The van der Waals surface area contributed by atoms with Crippen molar-refractivity contribution in [3.8, 4) is 5.75 Å². The Morgan fingerprint density at radius 2 is 1.82 bits per heavy atom. The Morgan fingerprint density at radius 1 is 1.24 bits per heavy atom. The Kier molecular flexibility index (Phi) is 4.81. The molecule has 0 aromatic heterocycles. The van der Waals surface area contributed by atoms with Gasteiger partial charge in [-0.05, 0) is 31.2 Å². The first-order valence-electron chi connectivity index (χ1n) is 5.49. The van der Waals surface area contributed by atoms with E-state index in [9.17, 15) is 13.2 Å². The molecule has 1 aromatic rings. The Labute approximate surface area is 98.8 Å². The predicted molar refractivity (Wildman–Crippen MR) is 59.8 cm³/mol. The van der Waals surface area contributed by atoms with Gasteiger partial charge in [-0.1, -0.05) is 25.5 Å². The summed E-state index contributed by atoms with van der Waals surface area (Å²) in [6.45, 7) is 2.06. The van der Waals surface area contributed by atoms with E-state index >= 15 is 0 Å². The van der Waals surface area contributed by atoms with Gasteiger partial charge in [-0.15, -0.1) is 13.2 Å². The van der Waals surface area contributed by atoms with Crippen molar-refractivity contribution in [1.82, 2.24) is 5.32 Å². The van der Waals surface area contributed by atoms with Gasteiger partial charge in [-0.2, -0.15) is 0 Å². The van der Waals surface area contributed by atoms with Crippen LogP contribution >= 0.6 is 0 Å². The van der Waals surface area contributed by atoms with Gasteiger partial charge < -0.3 is 10.1 Å². The third kappa shape index (κ3) is 4.65. The van der Waals surface area contributed by atoms with Gasteiger partial charge in [0.25, 0.3) is 0 Å². The quantitative estimate of drug-likeness (QED) is 0.857. The maximum Gasteiger partial charge on any atom is 0.573 e. The Hall–Kier alpha value is -1.23. The molecular weight excluding hydrogens is 231 g/mol. The summed E-state index contributed by atoms with van der Waals surface area (Å²) in [7, 11) is 1.83. The van der Waals surface area contributed by atoms with E-state index in [1.807, 2.05) is 7.05 Å². The number of ether oxygens (including phenoxy) is 1. The molecule has 1 aromatic carbocycles. The molecule has 1 unspecified atom stereocenters. The van der Waals surface area contributed by atoms with E-state index in [0.717, 1.165) is 18.4 Å². The van der Waals surface area contributed by atoms with Gasteiger partial charge in [0.2, 0.25) is 0 Å². The number of alkyl halides is 3. The molecule has 0 bridgehead atoms. The summed E-state index contributed by atoms with van der Waals surface area (Å²) in [4.78, 5) is 0. The van der Waals surface area contributed by atoms with E-state index in [0.29, 0.717) is 0 Å². The minimum absolute atomic E-state index is 0.167. The molecule has 0 amide bonds. The zero-order chi connectivity index (χ0) is 12.9. The third-order valence-electron chi connectivity index (χ3n) is 2.44. The molecule has 0 aliphatic heterocycles. The van der Waals surface area contributed by atoms with E-state index in [1.54, 1.807) is 12.1 Å². The molecule has 0 radical (unpaired) electrons. The van der Waals surface area contributed by atoms with E-state index < -0.39 is 6.36 Å². The van der Waals surface area contributed by atoms with Crippen molar-refractivity contribution in [2.24, 2.45) is 0 Å². The van der Waals surface area contributed by atoms with Crippen molar-refractivity contribution in [2.45, 2.75) is 32.2 Å². The van der Waals surface area contributed by atoms with Crippen LogP contribution in [0.1, 0.15) is 31.4 Å². The Bertz CT molecular complexity index is 335. The van der Waals surface area contributed by atoms with Gasteiger partial charge >= 0.3 is 6.36 Å². The summed E-state index contributed by atoms with van der Waals surface area (Å²) in [6.07, 6.45) is -2.68. The highest BCUT2D eigenvalue weighted by atomic mass is 19.4. The first-order valence-corrected chi connectivity index (χ1v) is 5.49. The van der Waals surface area contributed by atoms with E-state index in [-0.39, 0.29) is 11.8 Å². The average Bonchev–Trinajstić information content (AvgIpc) is 2.25. The Morgan fingerprint density at radius 3 is 2.24 bits per heavy atom. The van der Waals surface area contributed by atoms with Crippen molar-refractivity contribution in [3.05, 3.63) is 29.8 Å². The van der Waals surface area contributed by atoms with Crippen LogP contribution in [0.4, 0.5) is 13.2 Å². The number of hydrogen-bond acceptors (Lipinski definition) is 2. The Balaban J connectivity index is 2.73. The van der Waals surface area contributed by atoms with Gasteiger partial charge in [0.15, 0.2) is 0 Å². The van der Waals surface area contributed by atoms with Crippen LogP contribution in [-0.4, -0.2) is 13.4 Å². The third-order valence-corrected chi connectivity index (χ3v) is 2.44. The fourth-order valence-corrected chi connectivity index (χ4v) is 1.67. The molecule has 1 rings (SSSR count). The number of nitrogens with one attached hydrogen (secondary N) is 1. The fourth-order valence-electron chi connectivity index (χ4n) is 1.67. The predicted octanol–water partition coefficient (Wildman–Crippen LogP) is 3.65. The lowest BCUT2D eigenvalue weighted by Gasteiger charge is -2.16. The summed E-state index contributed by atoms with van der Waals surface area (Å²) in [5, 5.41) is 3.12. The number of hydrogen-bond donors (Lipinski definition) is 1. The number of rotatable bonds is 5. The molecule has 1 N–H and O–H groups in total. The minimum atomic E-state index is -4.63. The highest BCUT2D eigenvalue weighted by Gasteiger charge is 2.31. The second-order valence-electron chi connectivity index (χ2n) is 3.75. The van der Waals surface area contributed by atoms with Crippen LogP contribution in [-0.2, 0) is 0 Å². The molecule has 17 heavy (non-hydrogen) atoms. The van der Waals surface area contributed by atoms with Crippen LogP contribution in [0.5, 0.6) is 5.75 Å². The van der Waals surface area contributed by atoms with Crippen LogP contribution in [0.15, 0.2) is 24.3 Å². The molecule has 96 valence electrons. The largest absolute Gasteiger partial charge is 0.573 e. The number of halogens is 3. The highest BCUT2D eigenvalue weighted by Crippen LogP contribution is 2.25. The molecule has 0 saturated carbocycles. The van der Waals surface area contributed by atoms with Gasteiger partial charge in [0.05, 0.1) is 0 Å². The standard InChI is InChI=1S/C12H16F3NO/c1-3-4-11(16-2)9-5-7-10(8-6-9)17-12(13,14)15/h5-8,11,16H,3-4H2,1-2H3. The van der Waals surface area contributed by atoms with Crippen LogP contribution in [0.3, 0.4) is 0 Å². The van der Waals surface area contributed by atoms with Crippen molar-refractivity contribution in [3.63, 3.8) is 0 Å². The molecule has 0 spiro atoms. The molecular formula is C12H16F3NO. The molecule has 0 aliphatic rings. The minimum Gasteiger partial charge on any atom is -0.406 e. The molecule has 0 heterocycles. The lowest BCUT2D eigenvalue weighted by atomic mass is 10.0. The first-order chi connectivity index (χ1) is 7.96. The van der Waals surface area contributed by atoms with Crippen molar-refractivity contribution < 1.29 is 17.9 Å². The summed E-state index contributed by atoms with van der Waals surface area (Å²) in [5.41, 5.74) is 0.962. The van der Waals surface area contributed by atoms with Crippen LogP contribution in [0, 0.1) is 0 Å². The zero-order valence-corrected chi connectivity index (χ0v) is 9.84. The lowest BCUT2D eigenvalue weighted by molar-refractivity contribution is -0.274. The average molecular weight is 247 g/mol. The van der Waals surface area contributed by atoms with E-state index in [4.69, 9.17) is 0 Å². The number of benzene rings is 1. The van der Waals surface area contributed by atoms with Crippen LogP contribution < -0.4 is 10.1 Å². The summed E-state index contributed by atoms with van der Waals surface area (Å²) in [6, 6.07) is 6.14. The fraction of sp³-hybridized carbons (Fsp3) is 0.500. The van der Waals surface area contributed by atoms with Gasteiger partial charge in [0.1, 0.15) is 5.75 Å². The molecule has 5 heteroatoms. The highest BCUT2D eigenvalue weighted by molar-refractivity contribution is 5.29. The monoisotopic (exact) mass is 247 g/mol. The van der Waals surface area contributed by atoms with Crippen molar-refractivity contribution >= 4 is 0 Å². The topological polar surface area (TPSA) is 21.3 Å². The molecule has 2 nitrogen and oxygen atoms in total. The SMILES string of the molecule is CCCC(NC)c1ccc(OC(F)(F)F)cc1. The smallest absolute Gasteiger partial charge is 0.406 e. The normalized spacial score (nSPS) is 13.5. The zero-order valence-electron chi connectivity index (χ0n) is 9.84. The van der Waals surface area contributed by atoms with Crippen molar-refractivity contribution in [1.29, 1.82) is 0 Å². The van der Waals surface area contributed by atoms with Crippen molar-refractivity contribution in [2.75, 3.05) is 7.05 Å². The van der Waals surface area contributed by atoms with E-state index in [2.05, 4.69) is 17.0 Å². The summed E-state index contributed by atoms with van der Waals surface area (Å²) >= 11 is 0. The molecule has 1 atom stereocenters. The van der Waals surface area contributed by atoms with Crippen LogP contribution in [0.25, 0.3) is 0 Å². The van der Waals surface area contributed by atoms with Gasteiger partial charge in [0, 0.05) is 6.04 Å². The first kappa shape index (κ1) is 13.8. The van der Waals surface area contributed by atoms with Crippen LogP contribution in [0.2, 0.25) is 0 Å². The molecule has 0 aliphatic carbocycles. The maximum atomic E-state index is 12.0. The van der Waals surface area contributed by atoms with E-state index in [1.165, 1.54) is 12.1 Å². The second kappa shape index (κ2) is 5.91.